The number of aryl methyl sites for hydroxylation is 2. The third-order valence-electron chi connectivity index (χ3n) is 3.05. The second-order valence-corrected chi connectivity index (χ2v) is 6.20. The summed E-state index contributed by atoms with van der Waals surface area (Å²) in [6, 6.07) is 5.26. The molecule has 1 aromatic carbocycles. The Morgan fingerprint density at radius 2 is 2.14 bits per heavy atom. The van der Waals surface area contributed by atoms with Crippen molar-refractivity contribution in [1.29, 1.82) is 0 Å². The molecule has 0 aliphatic carbocycles. The molecule has 0 fully saturated rings. The molecule has 3 aromatic rings. The second-order valence-electron chi connectivity index (χ2n) is 4.57. The normalized spacial score (nSPS) is 11.9. The number of benzene rings is 1. The lowest BCUT2D eigenvalue weighted by molar-refractivity contribution is 0.597. The van der Waals surface area contributed by atoms with E-state index in [4.69, 9.17) is 0 Å². The van der Waals surface area contributed by atoms with Crippen LogP contribution in [0.1, 0.15) is 6.92 Å². The van der Waals surface area contributed by atoms with Gasteiger partial charge < -0.3 is 0 Å². The first-order valence-electron chi connectivity index (χ1n) is 6.34. The predicted octanol–water partition coefficient (Wildman–Crippen LogP) is 0.985. The van der Waals surface area contributed by atoms with Crippen molar-refractivity contribution >= 4 is 26.6 Å². The SMILES string of the molecule is CCn1ncc2ccc(NS(=O)(=O)c3cn(C)nn3)cc21. The first kappa shape index (κ1) is 13.6. The number of anilines is 1. The molecule has 110 valence electrons. The molecule has 2 aromatic heterocycles. The summed E-state index contributed by atoms with van der Waals surface area (Å²) in [6.45, 7) is 2.69. The van der Waals surface area contributed by atoms with Gasteiger partial charge in [-0.05, 0) is 25.1 Å². The summed E-state index contributed by atoms with van der Waals surface area (Å²) >= 11 is 0. The van der Waals surface area contributed by atoms with Gasteiger partial charge in [-0.1, -0.05) is 5.21 Å². The lowest BCUT2D eigenvalue weighted by Gasteiger charge is -2.06. The van der Waals surface area contributed by atoms with Crippen LogP contribution in [0.5, 0.6) is 0 Å². The van der Waals surface area contributed by atoms with Gasteiger partial charge in [0.1, 0.15) is 0 Å². The van der Waals surface area contributed by atoms with Gasteiger partial charge in [0.05, 0.1) is 23.6 Å². The van der Waals surface area contributed by atoms with E-state index in [1.54, 1.807) is 30.1 Å². The van der Waals surface area contributed by atoms with E-state index in [-0.39, 0.29) is 5.03 Å². The molecule has 0 atom stereocenters. The van der Waals surface area contributed by atoms with Gasteiger partial charge in [0.15, 0.2) is 0 Å². The maximum absolute atomic E-state index is 12.2. The molecule has 21 heavy (non-hydrogen) atoms. The fourth-order valence-corrected chi connectivity index (χ4v) is 3.02. The molecule has 9 heteroatoms. The molecule has 0 bridgehead atoms. The molecule has 1 N–H and O–H groups in total. The van der Waals surface area contributed by atoms with Gasteiger partial charge in [-0.15, -0.1) is 5.10 Å². The fraction of sp³-hybridized carbons (Fsp3) is 0.250. The molecule has 0 amide bonds. The Morgan fingerprint density at radius 3 is 2.81 bits per heavy atom. The molecule has 0 aliphatic heterocycles. The highest BCUT2D eigenvalue weighted by atomic mass is 32.2. The summed E-state index contributed by atoms with van der Waals surface area (Å²) in [6.07, 6.45) is 3.09. The number of nitrogens with zero attached hydrogens (tertiary/aromatic N) is 5. The third-order valence-corrected chi connectivity index (χ3v) is 4.30. The number of hydrogen-bond donors (Lipinski definition) is 1. The molecule has 0 saturated heterocycles. The zero-order chi connectivity index (χ0) is 15.0. The van der Waals surface area contributed by atoms with E-state index < -0.39 is 10.0 Å². The lowest BCUT2D eigenvalue weighted by atomic mass is 10.2. The Kier molecular flexibility index (Phi) is 3.13. The standard InChI is InChI=1S/C12H14N6O2S/c1-3-18-11-6-10(5-4-9(11)7-13-18)15-21(19,20)12-8-17(2)16-14-12/h4-8,15H,3H2,1-2H3. The van der Waals surface area contributed by atoms with E-state index in [1.807, 2.05) is 13.0 Å². The average Bonchev–Trinajstić information content (AvgIpc) is 3.04. The van der Waals surface area contributed by atoms with Crippen molar-refractivity contribution in [3.05, 3.63) is 30.6 Å². The monoisotopic (exact) mass is 306 g/mol. The summed E-state index contributed by atoms with van der Waals surface area (Å²) in [5.74, 6) is 0. The molecule has 0 radical (unpaired) electrons. The quantitative estimate of drug-likeness (QED) is 0.775. The fourth-order valence-electron chi connectivity index (χ4n) is 2.04. The molecule has 2 heterocycles. The molecule has 0 spiro atoms. The largest absolute Gasteiger partial charge is 0.282 e. The Hall–Kier alpha value is -2.42. The molecule has 0 saturated carbocycles. The van der Waals surface area contributed by atoms with Crippen molar-refractivity contribution in [2.24, 2.45) is 7.05 Å². The highest BCUT2D eigenvalue weighted by Gasteiger charge is 2.18. The van der Waals surface area contributed by atoms with Crippen LogP contribution in [0.4, 0.5) is 5.69 Å². The number of aromatic nitrogens is 5. The summed E-state index contributed by atoms with van der Waals surface area (Å²) < 4.78 is 30.0. The highest BCUT2D eigenvalue weighted by molar-refractivity contribution is 7.92. The Morgan fingerprint density at radius 1 is 1.33 bits per heavy atom. The van der Waals surface area contributed by atoms with Crippen molar-refractivity contribution < 1.29 is 8.42 Å². The number of nitrogens with one attached hydrogen (secondary N) is 1. The van der Waals surface area contributed by atoms with Gasteiger partial charge in [-0.2, -0.15) is 13.5 Å². The number of hydrogen-bond acceptors (Lipinski definition) is 5. The minimum Gasteiger partial charge on any atom is -0.278 e. The van der Waals surface area contributed by atoms with Gasteiger partial charge in [-0.3, -0.25) is 14.1 Å². The summed E-state index contributed by atoms with van der Waals surface area (Å²) in [5, 5.41) is 12.3. The zero-order valence-electron chi connectivity index (χ0n) is 11.6. The molecular formula is C12H14N6O2S. The van der Waals surface area contributed by atoms with Crippen molar-refractivity contribution in [1.82, 2.24) is 24.8 Å². The van der Waals surface area contributed by atoms with Crippen LogP contribution in [-0.4, -0.2) is 33.2 Å². The van der Waals surface area contributed by atoms with Crippen molar-refractivity contribution in [3.63, 3.8) is 0 Å². The smallest absolute Gasteiger partial charge is 0.278 e. The van der Waals surface area contributed by atoms with E-state index in [2.05, 4.69) is 20.1 Å². The van der Waals surface area contributed by atoms with Crippen LogP contribution in [0.3, 0.4) is 0 Å². The van der Waals surface area contributed by atoms with Crippen LogP contribution in [0.25, 0.3) is 10.9 Å². The predicted molar refractivity (Wildman–Crippen MR) is 77.2 cm³/mol. The topological polar surface area (TPSA) is 94.7 Å². The van der Waals surface area contributed by atoms with Gasteiger partial charge in [-0.25, -0.2) is 0 Å². The van der Waals surface area contributed by atoms with Gasteiger partial charge in [0.25, 0.3) is 10.0 Å². The van der Waals surface area contributed by atoms with Gasteiger partial charge in [0.2, 0.25) is 5.03 Å². The van der Waals surface area contributed by atoms with Crippen LogP contribution < -0.4 is 4.72 Å². The van der Waals surface area contributed by atoms with Crippen LogP contribution in [0.15, 0.2) is 35.6 Å². The molecule has 8 nitrogen and oxygen atoms in total. The van der Waals surface area contributed by atoms with Crippen molar-refractivity contribution in [2.75, 3.05) is 4.72 Å². The van der Waals surface area contributed by atoms with E-state index in [9.17, 15) is 8.42 Å². The number of fused-ring (bicyclic) bond motifs is 1. The Bertz CT molecular complexity index is 896. The minimum absolute atomic E-state index is 0.117. The van der Waals surface area contributed by atoms with Gasteiger partial charge >= 0.3 is 0 Å². The van der Waals surface area contributed by atoms with Crippen molar-refractivity contribution in [3.8, 4) is 0 Å². The van der Waals surface area contributed by atoms with E-state index in [0.29, 0.717) is 12.2 Å². The molecular weight excluding hydrogens is 292 g/mol. The maximum Gasteiger partial charge on any atom is 0.282 e. The number of sulfonamides is 1. The molecule has 3 rings (SSSR count). The maximum atomic E-state index is 12.2. The van der Waals surface area contributed by atoms with Gasteiger partial charge in [0, 0.05) is 19.0 Å². The van der Waals surface area contributed by atoms with Crippen LogP contribution >= 0.6 is 0 Å². The average molecular weight is 306 g/mol. The van der Waals surface area contributed by atoms with E-state index in [0.717, 1.165) is 10.9 Å². The zero-order valence-corrected chi connectivity index (χ0v) is 12.4. The van der Waals surface area contributed by atoms with Crippen molar-refractivity contribution in [2.45, 2.75) is 18.5 Å². The number of rotatable bonds is 4. The molecule has 0 aliphatic rings. The van der Waals surface area contributed by atoms with E-state index >= 15 is 0 Å². The first-order chi connectivity index (χ1) is 9.99. The second kappa shape index (κ2) is 4.85. The van der Waals surface area contributed by atoms with Crippen LogP contribution in [-0.2, 0) is 23.6 Å². The third kappa shape index (κ3) is 2.47. The Balaban J connectivity index is 1.97. The molecule has 0 unspecified atom stereocenters. The van der Waals surface area contributed by atoms with Crippen LogP contribution in [0.2, 0.25) is 0 Å². The summed E-state index contributed by atoms with van der Waals surface area (Å²) in [4.78, 5) is 0. The summed E-state index contributed by atoms with van der Waals surface area (Å²) in [5.41, 5.74) is 1.33. The van der Waals surface area contributed by atoms with Crippen LogP contribution in [0, 0.1) is 0 Å². The minimum atomic E-state index is -3.74. The first-order valence-corrected chi connectivity index (χ1v) is 7.82. The summed E-state index contributed by atoms with van der Waals surface area (Å²) in [7, 11) is -2.13. The van der Waals surface area contributed by atoms with E-state index in [1.165, 1.54) is 10.9 Å². The Labute approximate surface area is 121 Å². The lowest BCUT2D eigenvalue weighted by Crippen LogP contribution is -2.13. The highest BCUT2D eigenvalue weighted by Crippen LogP contribution is 2.21.